The first kappa shape index (κ1) is 23.5. The van der Waals surface area contributed by atoms with Crippen LogP contribution < -0.4 is 0 Å². The Labute approximate surface area is 195 Å². The van der Waals surface area contributed by atoms with Crippen molar-refractivity contribution in [3.05, 3.63) is 70.8 Å². The molecule has 0 unspecified atom stereocenters. The zero-order chi connectivity index (χ0) is 22.5. The molecule has 4 atom stereocenters. The molecule has 2 heteroatoms. The summed E-state index contributed by atoms with van der Waals surface area (Å²) in [5, 5.41) is 0. The molecule has 0 amide bonds. The summed E-state index contributed by atoms with van der Waals surface area (Å²) in [5.41, 5.74) is 6.00. The first-order valence-electron chi connectivity index (χ1n) is 12.9. The van der Waals surface area contributed by atoms with Crippen LogP contribution in [0.2, 0.25) is 0 Å². The highest BCUT2D eigenvalue weighted by Gasteiger charge is 2.35. The Morgan fingerprint density at radius 1 is 0.625 bits per heavy atom. The minimum atomic E-state index is 0.354. The molecule has 0 saturated heterocycles. The second-order valence-corrected chi connectivity index (χ2v) is 10.6. The summed E-state index contributed by atoms with van der Waals surface area (Å²) < 4.78 is 12.8. The third-order valence-corrected chi connectivity index (χ3v) is 7.61. The highest BCUT2D eigenvalue weighted by molar-refractivity contribution is 5.38. The van der Waals surface area contributed by atoms with E-state index >= 15 is 0 Å². The van der Waals surface area contributed by atoms with E-state index in [0.717, 1.165) is 38.9 Å². The average molecular weight is 435 g/mol. The monoisotopic (exact) mass is 434 g/mol. The molecule has 0 radical (unpaired) electrons. The van der Waals surface area contributed by atoms with Gasteiger partial charge in [-0.2, -0.15) is 0 Å². The SMILES string of the molecule is CC(C)[C@H]1c2ccccc2C[C@H]1OCCCCCCO[C@@H]1Cc2ccccc2[C@@H]1C(C)C. The molecule has 0 fully saturated rings. The van der Waals surface area contributed by atoms with Gasteiger partial charge in [0.1, 0.15) is 0 Å². The number of hydrogen-bond acceptors (Lipinski definition) is 2. The Balaban J connectivity index is 1.12. The lowest BCUT2D eigenvalue weighted by Crippen LogP contribution is -2.23. The maximum Gasteiger partial charge on any atom is 0.0686 e. The van der Waals surface area contributed by atoms with Gasteiger partial charge in [-0.1, -0.05) is 89.1 Å². The Morgan fingerprint density at radius 2 is 1.03 bits per heavy atom. The predicted octanol–water partition coefficient (Wildman–Crippen LogP) is 7.31. The summed E-state index contributed by atoms with van der Waals surface area (Å²) >= 11 is 0. The molecule has 0 aliphatic heterocycles. The molecule has 0 N–H and O–H groups in total. The van der Waals surface area contributed by atoms with Gasteiger partial charge in [0.05, 0.1) is 12.2 Å². The van der Waals surface area contributed by atoms with E-state index in [1.54, 1.807) is 0 Å². The quantitative estimate of drug-likeness (QED) is 0.345. The van der Waals surface area contributed by atoms with Crippen molar-refractivity contribution in [3.8, 4) is 0 Å². The van der Waals surface area contributed by atoms with Crippen molar-refractivity contribution < 1.29 is 9.47 Å². The lowest BCUT2D eigenvalue weighted by Gasteiger charge is -2.25. The van der Waals surface area contributed by atoms with Crippen LogP contribution in [0, 0.1) is 11.8 Å². The summed E-state index contributed by atoms with van der Waals surface area (Å²) in [6, 6.07) is 17.8. The number of hydrogen-bond donors (Lipinski definition) is 0. The number of unbranched alkanes of at least 4 members (excludes halogenated alkanes) is 3. The van der Waals surface area contributed by atoms with Gasteiger partial charge in [0.2, 0.25) is 0 Å². The van der Waals surface area contributed by atoms with E-state index < -0.39 is 0 Å². The van der Waals surface area contributed by atoms with E-state index in [0.29, 0.717) is 35.9 Å². The van der Waals surface area contributed by atoms with Gasteiger partial charge >= 0.3 is 0 Å². The minimum Gasteiger partial charge on any atom is -0.377 e. The van der Waals surface area contributed by atoms with Crippen molar-refractivity contribution in [3.63, 3.8) is 0 Å². The fraction of sp³-hybridized carbons (Fsp3) is 0.600. The molecular formula is C30H42O2. The molecule has 0 saturated carbocycles. The lowest BCUT2D eigenvalue weighted by atomic mass is 9.88. The van der Waals surface area contributed by atoms with Gasteiger partial charge in [0.25, 0.3) is 0 Å². The van der Waals surface area contributed by atoms with Crippen molar-refractivity contribution in [1.82, 2.24) is 0 Å². The van der Waals surface area contributed by atoms with Crippen molar-refractivity contribution in [2.24, 2.45) is 11.8 Å². The van der Waals surface area contributed by atoms with Crippen LogP contribution in [0.3, 0.4) is 0 Å². The third kappa shape index (κ3) is 5.29. The maximum absolute atomic E-state index is 6.39. The molecule has 2 aliphatic rings. The van der Waals surface area contributed by atoms with Crippen molar-refractivity contribution >= 4 is 0 Å². The van der Waals surface area contributed by atoms with Gasteiger partial charge in [-0.3, -0.25) is 0 Å². The van der Waals surface area contributed by atoms with Crippen molar-refractivity contribution in [1.29, 1.82) is 0 Å². The minimum absolute atomic E-state index is 0.354. The second-order valence-electron chi connectivity index (χ2n) is 10.6. The maximum atomic E-state index is 6.39. The van der Waals surface area contributed by atoms with E-state index in [-0.39, 0.29) is 0 Å². The fourth-order valence-corrected chi connectivity index (χ4v) is 6.11. The van der Waals surface area contributed by atoms with Crippen molar-refractivity contribution in [2.45, 2.75) is 90.3 Å². The predicted molar refractivity (Wildman–Crippen MR) is 133 cm³/mol. The molecule has 2 aliphatic carbocycles. The van der Waals surface area contributed by atoms with Gasteiger partial charge < -0.3 is 9.47 Å². The number of ether oxygens (including phenoxy) is 2. The Kier molecular flexibility index (Phi) is 8.07. The van der Waals surface area contributed by atoms with E-state index in [2.05, 4.69) is 76.2 Å². The third-order valence-electron chi connectivity index (χ3n) is 7.61. The van der Waals surface area contributed by atoms with Crippen LogP contribution in [0.25, 0.3) is 0 Å². The van der Waals surface area contributed by atoms with Crippen LogP contribution in [0.1, 0.15) is 87.5 Å². The molecule has 0 aromatic heterocycles. The second kappa shape index (κ2) is 11.0. The molecule has 0 spiro atoms. The highest BCUT2D eigenvalue weighted by Crippen LogP contribution is 2.41. The van der Waals surface area contributed by atoms with Gasteiger partial charge in [0, 0.05) is 25.0 Å². The molecule has 2 nitrogen and oxygen atoms in total. The molecule has 0 heterocycles. The number of fused-ring (bicyclic) bond motifs is 2. The van der Waals surface area contributed by atoms with Crippen molar-refractivity contribution in [2.75, 3.05) is 13.2 Å². The molecule has 174 valence electrons. The largest absolute Gasteiger partial charge is 0.377 e. The molecule has 0 bridgehead atoms. The number of benzene rings is 2. The zero-order valence-corrected chi connectivity index (χ0v) is 20.6. The van der Waals surface area contributed by atoms with Crippen LogP contribution in [-0.2, 0) is 22.3 Å². The average Bonchev–Trinajstić information content (AvgIpc) is 3.33. The Morgan fingerprint density at radius 3 is 1.44 bits per heavy atom. The van der Waals surface area contributed by atoms with E-state index in [1.165, 1.54) is 35.1 Å². The van der Waals surface area contributed by atoms with E-state index in [9.17, 15) is 0 Å². The summed E-state index contributed by atoms with van der Waals surface area (Å²) in [6.45, 7) is 11.1. The summed E-state index contributed by atoms with van der Waals surface area (Å²) in [4.78, 5) is 0. The molecule has 32 heavy (non-hydrogen) atoms. The van der Waals surface area contributed by atoms with Crippen LogP contribution in [0.15, 0.2) is 48.5 Å². The topological polar surface area (TPSA) is 18.5 Å². The van der Waals surface area contributed by atoms with Gasteiger partial charge in [0.15, 0.2) is 0 Å². The standard InChI is InChI=1S/C30H42O2/c1-21(2)29-25-15-9-7-13-23(25)19-27(29)31-17-11-5-6-12-18-32-28-20-24-14-8-10-16-26(24)30(28)22(3)4/h7-10,13-16,21-22,27-30H,5-6,11-12,17-20H2,1-4H3/t27-,28-,29+,30+/m1/s1. The van der Waals surface area contributed by atoms with Gasteiger partial charge in [-0.05, 0) is 59.8 Å². The van der Waals surface area contributed by atoms with Crippen LogP contribution in [0.4, 0.5) is 0 Å². The summed E-state index contributed by atoms with van der Waals surface area (Å²) in [7, 11) is 0. The van der Waals surface area contributed by atoms with Gasteiger partial charge in [-0.15, -0.1) is 0 Å². The molecular weight excluding hydrogens is 392 g/mol. The smallest absolute Gasteiger partial charge is 0.0686 e. The first-order chi connectivity index (χ1) is 15.6. The van der Waals surface area contributed by atoms with E-state index in [1.807, 2.05) is 0 Å². The Hall–Kier alpha value is -1.64. The fourth-order valence-electron chi connectivity index (χ4n) is 6.11. The van der Waals surface area contributed by atoms with Gasteiger partial charge in [-0.25, -0.2) is 0 Å². The zero-order valence-electron chi connectivity index (χ0n) is 20.6. The first-order valence-corrected chi connectivity index (χ1v) is 12.9. The van der Waals surface area contributed by atoms with Crippen LogP contribution >= 0.6 is 0 Å². The lowest BCUT2D eigenvalue weighted by molar-refractivity contribution is 0.0247. The molecule has 4 rings (SSSR count). The number of rotatable bonds is 11. The van der Waals surface area contributed by atoms with Crippen LogP contribution in [-0.4, -0.2) is 25.4 Å². The Bertz CT molecular complexity index is 784. The normalized spacial score (nSPS) is 24.3. The van der Waals surface area contributed by atoms with Crippen LogP contribution in [0.5, 0.6) is 0 Å². The summed E-state index contributed by atoms with van der Waals surface area (Å²) in [6.07, 6.45) is 7.63. The molecule has 2 aromatic carbocycles. The summed E-state index contributed by atoms with van der Waals surface area (Å²) in [5.74, 6) is 2.34. The highest BCUT2D eigenvalue weighted by atomic mass is 16.5. The van der Waals surface area contributed by atoms with E-state index in [4.69, 9.17) is 9.47 Å². The molecule has 2 aromatic rings.